The van der Waals surface area contributed by atoms with E-state index in [9.17, 15) is 0 Å². The van der Waals surface area contributed by atoms with E-state index in [-0.39, 0.29) is 6.04 Å². The minimum atomic E-state index is 0.228. The van der Waals surface area contributed by atoms with Crippen molar-refractivity contribution in [2.75, 3.05) is 13.6 Å². The van der Waals surface area contributed by atoms with Gasteiger partial charge in [0, 0.05) is 31.5 Å². The minimum Gasteiger partial charge on any atom is -0.329 e. The highest BCUT2D eigenvalue weighted by Gasteiger charge is 2.16. The van der Waals surface area contributed by atoms with Gasteiger partial charge in [-0.3, -0.25) is 9.88 Å². The van der Waals surface area contributed by atoms with Gasteiger partial charge in [-0.25, -0.2) is 0 Å². The van der Waals surface area contributed by atoms with Gasteiger partial charge in [-0.05, 0) is 35.7 Å². The fraction of sp³-hybridized carbons (Fsp3) is 0.389. The maximum Gasteiger partial charge on any atom is 0.0470 e. The quantitative estimate of drug-likeness (QED) is 0.884. The largest absolute Gasteiger partial charge is 0.329 e. The van der Waals surface area contributed by atoms with Crippen molar-refractivity contribution in [2.45, 2.75) is 32.4 Å². The summed E-state index contributed by atoms with van der Waals surface area (Å²) in [6.07, 6.45) is 3.71. The smallest absolute Gasteiger partial charge is 0.0470 e. The van der Waals surface area contributed by atoms with E-state index < -0.39 is 0 Å². The van der Waals surface area contributed by atoms with Crippen LogP contribution < -0.4 is 5.73 Å². The van der Waals surface area contributed by atoms with Crippen LogP contribution in [0.2, 0.25) is 0 Å². The first kappa shape index (κ1) is 15.7. The van der Waals surface area contributed by atoms with Crippen LogP contribution in [0.5, 0.6) is 0 Å². The van der Waals surface area contributed by atoms with Gasteiger partial charge >= 0.3 is 0 Å². The number of hydrogen-bond donors (Lipinski definition) is 1. The number of nitrogens with two attached hydrogens (primary N) is 1. The standard InChI is InChI=1S/C18H25N3/c1-14(2)16-6-8-17(9-7-16)18(11-19)21(3)13-15-5-4-10-20-12-15/h4-10,12,14,18H,11,13,19H2,1-3H3. The molecule has 0 saturated carbocycles. The van der Waals surface area contributed by atoms with Crippen LogP contribution in [0.25, 0.3) is 0 Å². The molecule has 0 aliphatic rings. The molecule has 2 rings (SSSR count). The van der Waals surface area contributed by atoms with Crippen LogP contribution in [0.15, 0.2) is 48.8 Å². The monoisotopic (exact) mass is 283 g/mol. The molecule has 0 aliphatic carbocycles. The van der Waals surface area contributed by atoms with Crippen molar-refractivity contribution in [3.05, 3.63) is 65.5 Å². The molecule has 0 bridgehead atoms. The average molecular weight is 283 g/mol. The van der Waals surface area contributed by atoms with Crippen LogP contribution in [-0.2, 0) is 6.54 Å². The van der Waals surface area contributed by atoms with E-state index in [2.05, 4.69) is 61.1 Å². The highest BCUT2D eigenvalue weighted by Crippen LogP contribution is 2.23. The first-order valence-corrected chi connectivity index (χ1v) is 7.51. The summed E-state index contributed by atoms with van der Waals surface area (Å²) in [5.41, 5.74) is 9.84. The van der Waals surface area contributed by atoms with Gasteiger partial charge in [0.25, 0.3) is 0 Å². The fourth-order valence-corrected chi connectivity index (χ4v) is 2.56. The van der Waals surface area contributed by atoms with Crippen molar-refractivity contribution in [2.24, 2.45) is 5.73 Å². The van der Waals surface area contributed by atoms with Gasteiger partial charge in [-0.2, -0.15) is 0 Å². The molecule has 3 nitrogen and oxygen atoms in total. The zero-order valence-electron chi connectivity index (χ0n) is 13.2. The maximum absolute atomic E-state index is 6.00. The SMILES string of the molecule is CC(C)c1ccc(C(CN)N(C)Cc2cccnc2)cc1. The molecule has 3 heteroatoms. The first-order valence-electron chi connectivity index (χ1n) is 7.51. The first-order chi connectivity index (χ1) is 10.1. The van der Waals surface area contributed by atoms with Gasteiger partial charge in [-0.15, -0.1) is 0 Å². The highest BCUT2D eigenvalue weighted by molar-refractivity contribution is 5.27. The lowest BCUT2D eigenvalue weighted by Gasteiger charge is -2.27. The van der Waals surface area contributed by atoms with Gasteiger partial charge in [-0.1, -0.05) is 44.2 Å². The summed E-state index contributed by atoms with van der Waals surface area (Å²) in [7, 11) is 2.11. The van der Waals surface area contributed by atoms with E-state index in [4.69, 9.17) is 5.73 Å². The van der Waals surface area contributed by atoms with Crippen molar-refractivity contribution in [3.63, 3.8) is 0 Å². The van der Waals surface area contributed by atoms with Crippen molar-refractivity contribution in [3.8, 4) is 0 Å². The highest BCUT2D eigenvalue weighted by atomic mass is 15.1. The van der Waals surface area contributed by atoms with Gasteiger partial charge < -0.3 is 5.73 Å². The normalized spacial score (nSPS) is 12.9. The minimum absolute atomic E-state index is 0.228. The summed E-state index contributed by atoms with van der Waals surface area (Å²) in [5.74, 6) is 0.559. The molecule has 0 amide bonds. The summed E-state index contributed by atoms with van der Waals surface area (Å²) in [5, 5.41) is 0. The summed E-state index contributed by atoms with van der Waals surface area (Å²) >= 11 is 0. The second-order valence-electron chi connectivity index (χ2n) is 5.85. The maximum atomic E-state index is 6.00. The zero-order valence-corrected chi connectivity index (χ0v) is 13.2. The molecule has 2 N–H and O–H groups in total. The predicted molar refractivity (Wildman–Crippen MR) is 88.0 cm³/mol. The molecular weight excluding hydrogens is 258 g/mol. The van der Waals surface area contributed by atoms with Crippen LogP contribution in [-0.4, -0.2) is 23.5 Å². The average Bonchev–Trinajstić information content (AvgIpc) is 2.49. The van der Waals surface area contributed by atoms with E-state index >= 15 is 0 Å². The third kappa shape index (κ3) is 4.13. The third-order valence-corrected chi connectivity index (χ3v) is 3.90. The lowest BCUT2D eigenvalue weighted by Crippen LogP contribution is -2.30. The molecule has 1 heterocycles. The molecule has 1 atom stereocenters. The molecular formula is C18H25N3. The van der Waals surface area contributed by atoms with Crippen molar-refractivity contribution in [1.82, 2.24) is 9.88 Å². The molecule has 0 saturated heterocycles. The summed E-state index contributed by atoms with van der Waals surface area (Å²) < 4.78 is 0. The Labute approximate surface area is 127 Å². The second kappa shape index (κ2) is 7.34. The van der Waals surface area contributed by atoms with Crippen LogP contribution in [0.1, 0.15) is 42.5 Å². The van der Waals surface area contributed by atoms with Crippen LogP contribution in [0.3, 0.4) is 0 Å². The fourth-order valence-electron chi connectivity index (χ4n) is 2.56. The lowest BCUT2D eigenvalue weighted by atomic mass is 9.98. The van der Waals surface area contributed by atoms with E-state index in [0.29, 0.717) is 12.5 Å². The number of aromatic nitrogens is 1. The lowest BCUT2D eigenvalue weighted by molar-refractivity contribution is 0.241. The van der Waals surface area contributed by atoms with E-state index in [1.54, 1.807) is 6.20 Å². The van der Waals surface area contributed by atoms with Crippen molar-refractivity contribution in [1.29, 1.82) is 0 Å². The van der Waals surface area contributed by atoms with E-state index in [1.165, 1.54) is 16.7 Å². The second-order valence-corrected chi connectivity index (χ2v) is 5.85. The summed E-state index contributed by atoms with van der Waals surface area (Å²) in [6, 6.07) is 13.1. The number of pyridine rings is 1. The van der Waals surface area contributed by atoms with Crippen molar-refractivity contribution >= 4 is 0 Å². The predicted octanol–water partition coefficient (Wildman–Crippen LogP) is 3.34. The Hall–Kier alpha value is -1.71. The van der Waals surface area contributed by atoms with Gasteiger partial charge in [0.05, 0.1) is 0 Å². The molecule has 0 fully saturated rings. The van der Waals surface area contributed by atoms with Gasteiger partial charge in [0.2, 0.25) is 0 Å². The Balaban J connectivity index is 2.11. The third-order valence-electron chi connectivity index (χ3n) is 3.90. The number of benzene rings is 1. The van der Waals surface area contributed by atoms with Gasteiger partial charge in [0.1, 0.15) is 0 Å². The molecule has 1 aromatic carbocycles. The number of hydrogen-bond acceptors (Lipinski definition) is 3. The van der Waals surface area contributed by atoms with Gasteiger partial charge in [0.15, 0.2) is 0 Å². The molecule has 1 aromatic heterocycles. The molecule has 0 aliphatic heterocycles. The van der Waals surface area contributed by atoms with Crippen LogP contribution >= 0.6 is 0 Å². The molecule has 1 unspecified atom stereocenters. The number of rotatable bonds is 6. The summed E-state index contributed by atoms with van der Waals surface area (Å²) in [4.78, 5) is 6.45. The van der Waals surface area contributed by atoms with Crippen LogP contribution in [0, 0.1) is 0 Å². The Morgan fingerprint density at radius 3 is 2.29 bits per heavy atom. The van der Waals surface area contributed by atoms with Crippen LogP contribution in [0.4, 0.5) is 0 Å². The Bertz CT molecular complexity index is 534. The molecule has 0 radical (unpaired) electrons. The topological polar surface area (TPSA) is 42.1 Å². The molecule has 2 aromatic rings. The zero-order chi connectivity index (χ0) is 15.2. The summed E-state index contributed by atoms with van der Waals surface area (Å²) in [6.45, 7) is 5.88. The molecule has 112 valence electrons. The number of likely N-dealkylation sites (N-methyl/N-ethyl adjacent to an activating group) is 1. The van der Waals surface area contributed by atoms with Crippen molar-refractivity contribution < 1.29 is 0 Å². The number of nitrogens with zero attached hydrogens (tertiary/aromatic N) is 2. The Morgan fingerprint density at radius 2 is 1.76 bits per heavy atom. The van der Waals surface area contributed by atoms with E-state index in [1.807, 2.05) is 12.3 Å². The Morgan fingerprint density at radius 1 is 1.10 bits per heavy atom. The molecule has 0 spiro atoms. The molecule has 21 heavy (non-hydrogen) atoms. The Kier molecular flexibility index (Phi) is 5.48. The van der Waals surface area contributed by atoms with E-state index in [0.717, 1.165) is 6.54 Å².